The number of nitrogens with two attached hydrogens (primary N) is 1. The Balaban J connectivity index is 2.11. The van der Waals surface area contributed by atoms with Gasteiger partial charge in [-0.1, -0.05) is 26.7 Å². The minimum atomic E-state index is -0.00433. The molecule has 3 unspecified atom stereocenters. The standard InChI is InChI=1S/C11H24N2/c1-4-6-11(3,12)8-13-10-7-9(10)5-2/h9-10,13H,4-8,12H2,1-3H3. The third-order valence-corrected chi connectivity index (χ3v) is 3.04. The minimum Gasteiger partial charge on any atom is -0.324 e. The first-order valence-electron chi connectivity index (χ1n) is 5.61. The first-order chi connectivity index (χ1) is 6.09. The molecular formula is C11H24N2. The smallest absolute Gasteiger partial charge is 0.0252 e. The van der Waals surface area contributed by atoms with Gasteiger partial charge in [0.25, 0.3) is 0 Å². The van der Waals surface area contributed by atoms with E-state index in [1.165, 1.54) is 19.3 Å². The lowest BCUT2D eigenvalue weighted by atomic mass is 9.98. The highest BCUT2D eigenvalue weighted by molar-refractivity contribution is 4.94. The Hall–Kier alpha value is -0.0800. The SMILES string of the molecule is CCCC(C)(N)CNC1CC1CC. The summed E-state index contributed by atoms with van der Waals surface area (Å²) in [4.78, 5) is 0. The van der Waals surface area contributed by atoms with E-state index in [-0.39, 0.29) is 5.54 Å². The van der Waals surface area contributed by atoms with Gasteiger partial charge in [-0.3, -0.25) is 0 Å². The van der Waals surface area contributed by atoms with Crippen molar-refractivity contribution in [1.29, 1.82) is 0 Å². The fraction of sp³-hybridized carbons (Fsp3) is 1.00. The molecule has 0 saturated heterocycles. The summed E-state index contributed by atoms with van der Waals surface area (Å²) in [7, 11) is 0. The third kappa shape index (κ3) is 3.65. The van der Waals surface area contributed by atoms with Gasteiger partial charge in [0.15, 0.2) is 0 Å². The van der Waals surface area contributed by atoms with Gasteiger partial charge in [0.05, 0.1) is 0 Å². The Morgan fingerprint density at radius 1 is 1.46 bits per heavy atom. The number of rotatable bonds is 6. The van der Waals surface area contributed by atoms with Crippen molar-refractivity contribution in [2.75, 3.05) is 6.54 Å². The van der Waals surface area contributed by atoms with Crippen LogP contribution in [0.5, 0.6) is 0 Å². The maximum atomic E-state index is 6.13. The summed E-state index contributed by atoms with van der Waals surface area (Å²) < 4.78 is 0. The first kappa shape index (κ1) is 11.0. The van der Waals surface area contributed by atoms with Crippen molar-refractivity contribution in [2.45, 2.75) is 58.0 Å². The Morgan fingerprint density at radius 3 is 2.62 bits per heavy atom. The van der Waals surface area contributed by atoms with Gasteiger partial charge >= 0.3 is 0 Å². The Morgan fingerprint density at radius 2 is 2.15 bits per heavy atom. The topological polar surface area (TPSA) is 38.0 Å². The number of hydrogen-bond donors (Lipinski definition) is 2. The fourth-order valence-electron chi connectivity index (χ4n) is 1.97. The summed E-state index contributed by atoms with van der Waals surface area (Å²) in [5.41, 5.74) is 6.12. The molecule has 1 saturated carbocycles. The molecule has 1 rings (SSSR count). The fourth-order valence-corrected chi connectivity index (χ4v) is 1.97. The van der Waals surface area contributed by atoms with Crippen LogP contribution in [-0.4, -0.2) is 18.1 Å². The largest absolute Gasteiger partial charge is 0.324 e. The second-order valence-corrected chi connectivity index (χ2v) is 4.80. The van der Waals surface area contributed by atoms with Crippen molar-refractivity contribution >= 4 is 0 Å². The molecule has 1 aliphatic carbocycles. The highest BCUT2D eigenvalue weighted by Gasteiger charge is 2.35. The zero-order valence-corrected chi connectivity index (χ0v) is 9.27. The predicted octanol–water partition coefficient (Wildman–Crippen LogP) is 1.89. The van der Waals surface area contributed by atoms with Gasteiger partial charge in [-0.05, 0) is 25.7 Å². The van der Waals surface area contributed by atoms with E-state index in [1.807, 2.05) is 0 Å². The van der Waals surface area contributed by atoms with Gasteiger partial charge in [0.1, 0.15) is 0 Å². The van der Waals surface area contributed by atoms with Crippen LogP contribution in [0.2, 0.25) is 0 Å². The second-order valence-electron chi connectivity index (χ2n) is 4.80. The van der Waals surface area contributed by atoms with E-state index >= 15 is 0 Å². The maximum absolute atomic E-state index is 6.13. The van der Waals surface area contributed by atoms with Crippen LogP contribution in [0.3, 0.4) is 0 Å². The quantitative estimate of drug-likeness (QED) is 0.661. The Labute approximate surface area is 82.3 Å². The van der Waals surface area contributed by atoms with Crippen LogP contribution in [0.4, 0.5) is 0 Å². The molecular weight excluding hydrogens is 160 g/mol. The second kappa shape index (κ2) is 4.43. The molecule has 1 fully saturated rings. The monoisotopic (exact) mass is 184 g/mol. The van der Waals surface area contributed by atoms with Crippen LogP contribution in [0.25, 0.3) is 0 Å². The predicted molar refractivity (Wildman–Crippen MR) is 57.7 cm³/mol. The highest BCUT2D eigenvalue weighted by atomic mass is 15.0. The molecule has 0 aromatic carbocycles. The van der Waals surface area contributed by atoms with Crippen molar-refractivity contribution in [3.8, 4) is 0 Å². The van der Waals surface area contributed by atoms with Gasteiger partial charge in [-0.2, -0.15) is 0 Å². The summed E-state index contributed by atoms with van der Waals surface area (Å²) in [6.45, 7) is 7.58. The molecule has 0 heterocycles. The summed E-state index contributed by atoms with van der Waals surface area (Å²) in [6, 6.07) is 0.768. The van der Waals surface area contributed by atoms with E-state index < -0.39 is 0 Å². The van der Waals surface area contributed by atoms with Crippen LogP contribution in [0, 0.1) is 5.92 Å². The summed E-state index contributed by atoms with van der Waals surface area (Å²) in [5.74, 6) is 0.928. The molecule has 0 radical (unpaired) electrons. The van der Waals surface area contributed by atoms with Gasteiger partial charge in [0, 0.05) is 18.1 Å². The molecule has 0 aromatic rings. The summed E-state index contributed by atoms with van der Waals surface area (Å²) in [6.07, 6.45) is 4.96. The summed E-state index contributed by atoms with van der Waals surface area (Å²) in [5, 5.41) is 3.56. The molecule has 2 nitrogen and oxygen atoms in total. The van der Waals surface area contributed by atoms with E-state index in [9.17, 15) is 0 Å². The Kier molecular flexibility index (Phi) is 3.74. The summed E-state index contributed by atoms with van der Waals surface area (Å²) >= 11 is 0. The van der Waals surface area contributed by atoms with Gasteiger partial charge < -0.3 is 11.1 Å². The zero-order chi connectivity index (χ0) is 9.90. The molecule has 2 heteroatoms. The van der Waals surface area contributed by atoms with E-state index in [4.69, 9.17) is 5.73 Å². The maximum Gasteiger partial charge on any atom is 0.0252 e. The van der Waals surface area contributed by atoms with Gasteiger partial charge in [-0.25, -0.2) is 0 Å². The molecule has 0 aromatic heterocycles. The van der Waals surface area contributed by atoms with E-state index in [1.54, 1.807) is 0 Å². The van der Waals surface area contributed by atoms with Crippen LogP contribution >= 0.6 is 0 Å². The van der Waals surface area contributed by atoms with Crippen molar-refractivity contribution < 1.29 is 0 Å². The van der Waals surface area contributed by atoms with Crippen LogP contribution in [-0.2, 0) is 0 Å². The minimum absolute atomic E-state index is 0.00433. The molecule has 13 heavy (non-hydrogen) atoms. The first-order valence-corrected chi connectivity index (χ1v) is 5.61. The molecule has 0 amide bonds. The molecule has 3 N–H and O–H groups in total. The zero-order valence-electron chi connectivity index (χ0n) is 9.27. The van der Waals surface area contributed by atoms with Crippen molar-refractivity contribution in [3.05, 3.63) is 0 Å². The van der Waals surface area contributed by atoms with Crippen molar-refractivity contribution in [3.63, 3.8) is 0 Å². The molecule has 78 valence electrons. The van der Waals surface area contributed by atoms with Crippen LogP contribution in [0.1, 0.15) is 46.5 Å². The van der Waals surface area contributed by atoms with Gasteiger partial charge in [-0.15, -0.1) is 0 Å². The van der Waals surface area contributed by atoms with Crippen molar-refractivity contribution in [2.24, 2.45) is 11.7 Å². The lowest BCUT2D eigenvalue weighted by Crippen LogP contribution is -2.46. The number of hydrogen-bond acceptors (Lipinski definition) is 2. The third-order valence-electron chi connectivity index (χ3n) is 3.04. The molecule has 0 aliphatic heterocycles. The van der Waals surface area contributed by atoms with Crippen LogP contribution < -0.4 is 11.1 Å². The average molecular weight is 184 g/mol. The molecule has 3 atom stereocenters. The lowest BCUT2D eigenvalue weighted by Gasteiger charge is -2.24. The van der Waals surface area contributed by atoms with Gasteiger partial charge in [0.2, 0.25) is 0 Å². The van der Waals surface area contributed by atoms with Crippen LogP contribution in [0.15, 0.2) is 0 Å². The molecule has 0 spiro atoms. The molecule has 1 aliphatic rings. The normalized spacial score (nSPS) is 31.4. The Bertz CT molecular complexity index is 154. The van der Waals surface area contributed by atoms with E-state index in [2.05, 4.69) is 26.1 Å². The number of nitrogens with one attached hydrogen (secondary N) is 1. The molecule has 0 bridgehead atoms. The average Bonchev–Trinajstić information content (AvgIpc) is 2.79. The van der Waals surface area contributed by atoms with E-state index in [0.29, 0.717) is 0 Å². The van der Waals surface area contributed by atoms with E-state index in [0.717, 1.165) is 24.9 Å². The van der Waals surface area contributed by atoms with Crippen molar-refractivity contribution in [1.82, 2.24) is 5.32 Å². The lowest BCUT2D eigenvalue weighted by molar-refractivity contribution is 0.391. The highest BCUT2D eigenvalue weighted by Crippen LogP contribution is 2.33.